The average molecular weight is 246 g/mol. The fourth-order valence-electron chi connectivity index (χ4n) is 2.84. The molecule has 1 atom stereocenters. The number of anilines is 1. The number of hydrogen-bond acceptors (Lipinski definition) is 4. The molecule has 1 aromatic heterocycles. The van der Waals surface area contributed by atoms with Gasteiger partial charge in [-0.2, -0.15) is 5.10 Å². The Hall–Kier alpha value is -1.16. The normalized spacial score (nSPS) is 24.9. The second kappa shape index (κ2) is 5.65. The standard InChI is InChI=1S/C14H22N4/c1-4-12(5-1)10-15-13-6-3-9-18(11-13)14-7-2-8-16-17-14/h2,7-8,12-13,15H,1,3-6,9-11H2/t13-/m1/s1. The summed E-state index contributed by atoms with van der Waals surface area (Å²) in [7, 11) is 0. The fraction of sp³-hybridized carbons (Fsp3) is 0.714. The summed E-state index contributed by atoms with van der Waals surface area (Å²) >= 11 is 0. The smallest absolute Gasteiger partial charge is 0.151 e. The molecule has 1 aromatic rings. The van der Waals surface area contributed by atoms with Crippen molar-refractivity contribution in [2.45, 2.75) is 38.1 Å². The first-order valence-corrected chi connectivity index (χ1v) is 7.18. The topological polar surface area (TPSA) is 41.1 Å². The molecule has 4 nitrogen and oxygen atoms in total. The van der Waals surface area contributed by atoms with Crippen LogP contribution in [0.1, 0.15) is 32.1 Å². The van der Waals surface area contributed by atoms with Gasteiger partial charge in [0, 0.05) is 25.3 Å². The summed E-state index contributed by atoms with van der Waals surface area (Å²) in [6, 6.07) is 4.65. The van der Waals surface area contributed by atoms with Crippen molar-refractivity contribution < 1.29 is 0 Å². The highest BCUT2D eigenvalue weighted by atomic mass is 15.3. The first-order valence-electron chi connectivity index (χ1n) is 7.18. The van der Waals surface area contributed by atoms with Crippen LogP contribution in [0.2, 0.25) is 0 Å². The monoisotopic (exact) mass is 246 g/mol. The van der Waals surface area contributed by atoms with Gasteiger partial charge in [0.05, 0.1) is 0 Å². The van der Waals surface area contributed by atoms with Crippen LogP contribution in [0.4, 0.5) is 5.82 Å². The van der Waals surface area contributed by atoms with Crippen LogP contribution in [0.3, 0.4) is 0 Å². The number of piperidine rings is 1. The molecule has 2 heterocycles. The van der Waals surface area contributed by atoms with E-state index in [-0.39, 0.29) is 0 Å². The zero-order valence-corrected chi connectivity index (χ0v) is 10.9. The minimum absolute atomic E-state index is 0.626. The third-order valence-electron chi connectivity index (χ3n) is 4.22. The lowest BCUT2D eigenvalue weighted by molar-refractivity contribution is 0.280. The second-order valence-corrected chi connectivity index (χ2v) is 5.57. The average Bonchev–Trinajstić information content (AvgIpc) is 2.38. The molecule has 0 radical (unpaired) electrons. The Morgan fingerprint density at radius 1 is 1.28 bits per heavy atom. The van der Waals surface area contributed by atoms with Gasteiger partial charge in [-0.25, -0.2) is 0 Å². The van der Waals surface area contributed by atoms with Crippen LogP contribution < -0.4 is 10.2 Å². The molecule has 1 aliphatic heterocycles. The van der Waals surface area contributed by atoms with E-state index >= 15 is 0 Å². The minimum atomic E-state index is 0.626. The van der Waals surface area contributed by atoms with Gasteiger partial charge in [-0.1, -0.05) is 6.42 Å². The van der Waals surface area contributed by atoms with Gasteiger partial charge in [0.2, 0.25) is 0 Å². The molecule has 0 aromatic carbocycles. The van der Waals surface area contributed by atoms with Crippen molar-refractivity contribution in [2.75, 3.05) is 24.5 Å². The zero-order valence-electron chi connectivity index (χ0n) is 10.9. The van der Waals surface area contributed by atoms with Crippen LogP contribution in [0.15, 0.2) is 18.3 Å². The predicted octanol–water partition coefficient (Wildman–Crippen LogP) is 1.84. The van der Waals surface area contributed by atoms with Crippen LogP contribution in [-0.2, 0) is 0 Å². The van der Waals surface area contributed by atoms with Crippen LogP contribution in [0, 0.1) is 5.92 Å². The van der Waals surface area contributed by atoms with E-state index < -0.39 is 0 Å². The highest BCUT2D eigenvalue weighted by Crippen LogP contribution is 2.26. The molecule has 1 saturated carbocycles. The molecule has 4 heteroatoms. The third-order valence-corrected chi connectivity index (χ3v) is 4.22. The van der Waals surface area contributed by atoms with Gasteiger partial charge >= 0.3 is 0 Å². The Kier molecular flexibility index (Phi) is 3.74. The summed E-state index contributed by atoms with van der Waals surface area (Å²) in [6.45, 7) is 3.39. The highest BCUT2D eigenvalue weighted by molar-refractivity contribution is 5.37. The van der Waals surface area contributed by atoms with Gasteiger partial charge in [0.25, 0.3) is 0 Å². The van der Waals surface area contributed by atoms with Gasteiger partial charge in [-0.3, -0.25) is 0 Å². The van der Waals surface area contributed by atoms with Crippen molar-refractivity contribution >= 4 is 5.82 Å². The van der Waals surface area contributed by atoms with Crippen LogP contribution in [0.25, 0.3) is 0 Å². The molecule has 1 N–H and O–H groups in total. The van der Waals surface area contributed by atoms with Gasteiger partial charge in [-0.15, -0.1) is 5.10 Å². The van der Waals surface area contributed by atoms with E-state index in [9.17, 15) is 0 Å². The summed E-state index contributed by atoms with van der Waals surface area (Å²) in [6.07, 6.45) is 8.56. The molecule has 0 unspecified atom stereocenters. The van der Waals surface area contributed by atoms with Crippen LogP contribution in [0.5, 0.6) is 0 Å². The molecule has 3 rings (SSSR count). The maximum Gasteiger partial charge on any atom is 0.151 e. The summed E-state index contributed by atoms with van der Waals surface area (Å²) < 4.78 is 0. The fourth-order valence-corrected chi connectivity index (χ4v) is 2.84. The Balaban J connectivity index is 1.51. The van der Waals surface area contributed by atoms with Crippen LogP contribution in [-0.4, -0.2) is 35.9 Å². The van der Waals surface area contributed by atoms with E-state index in [0.717, 1.165) is 24.8 Å². The largest absolute Gasteiger partial charge is 0.354 e. The molecule has 2 fully saturated rings. The molecule has 18 heavy (non-hydrogen) atoms. The minimum Gasteiger partial charge on any atom is -0.354 e. The van der Waals surface area contributed by atoms with Crippen LogP contribution >= 0.6 is 0 Å². The molecular weight excluding hydrogens is 224 g/mol. The first kappa shape index (κ1) is 11.9. The van der Waals surface area contributed by atoms with Crippen molar-refractivity contribution in [3.05, 3.63) is 18.3 Å². The lowest BCUT2D eigenvalue weighted by Crippen LogP contribution is -2.47. The predicted molar refractivity (Wildman–Crippen MR) is 72.6 cm³/mol. The van der Waals surface area contributed by atoms with Gasteiger partial charge < -0.3 is 10.2 Å². The first-order chi connectivity index (χ1) is 8.92. The van der Waals surface area contributed by atoms with E-state index in [4.69, 9.17) is 0 Å². The Morgan fingerprint density at radius 3 is 2.94 bits per heavy atom. The summed E-state index contributed by atoms with van der Waals surface area (Å²) in [5.74, 6) is 1.96. The van der Waals surface area contributed by atoms with E-state index in [2.05, 4.69) is 26.5 Å². The zero-order chi connectivity index (χ0) is 12.2. The third kappa shape index (κ3) is 2.80. The second-order valence-electron chi connectivity index (χ2n) is 5.57. The van der Waals surface area contributed by atoms with E-state index in [1.807, 2.05) is 6.07 Å². The van der Waals surface area contributed by atoms with Crippen molar-refractivity contribution in [1.29, 1.82) is 0 Å². The van der Waals surface area contributed by atoms with E-state index in [1.54, 1.807) is 6.20 Å². The number of nitrogens with zero attached hydrogens (tertiary/aromatic N) is 3. The van der Waals surface area contributed by atoms with E-state index in [1.165, 1.54) is 38.6 Å². The Bertz CT molecular complexity index is 363. The summed E-state index contributed by atoms with van der Waals surface area (Å²) in [5, 5.41) is 11.9. The molecule has 0 amide bonds. The number of hydrogen-bond donors (Lipinski definition) is 1. The molecular formula is C14H22N4. The quantitative estimate of drug-likeness (QED) is 0.880. The maximum absolute atomic E-state index is 4.21. The van der Waals surface area contributed by atoms with Crippen molar-refractivity contribution in [3.8, 4) is 0 Å². The lowest BCUT2D eigenvalue weighted by Gasteiger charge is -2.35. The van der Waals surface area contributed by atoms with E-state index in [0.29, 0.717) is 6.04 Å². The number of rotatable bonds is 4. The molecule has 0 spiro atoms. The summed E-state index contributed by atoms with van der Waals surface area (Å²) in [5.41, 5.74) is 0. The van der Waals surface area contributed by atoms with Gasteiger partial charge in [0.15, 0.2) is 5.82 Å². The molecule has 1 saturated heterocycles. The van der Waals surface area contributed by atoms with Gasteiger partial charge in [0.1, 0.15) is 0 Å². The maximum atomic E-state index is 4.21. The van der Waals surface area contributed by atoms with Gasteiger partial charge in [-0.05, 0) is 50.3 Å². The molecule has 1 aliphatic carbocycles. The Labute approximate surface area is 109 Å². The lowest BCUT2D eigenvalue weighted by atomic mass is 9.85. The SMILES string of the molecule is c1cnnc(N2CCC[C@@H](NCC3CCC3)C2)c1. The molecule has 0 bridgehead atoms. The molecule has 98 valence electrons. The number of aromatic nitrogens is 2. The number of nitrogens with one attached hydrogen (secondary N) is 1. The summed E-state index contributed by atoms with van der Waals surface area (Å²) in [4.78, 5) is 2.36. The van der Waals surface area contributed by atoms with Crippen molar-refractivity contribution in [3.63, 3.8) is 0 Å². The molecule has 2 aliphatic rings. The highest BCUT2D eigenvalue weighted by Gasteiger charge is 2.23. The van der Waals surface area contributed by atoms with Crippen molar-refractivity contribution in [2.24, 2.45) is 5.92 Å². The Morgan fingerprint density at radius 2 is 2.22 bits per heavy atom. The van der Waals surface area contributed by atoms with Crippen molar-refractivity contribution in [1.82, 2.24) is 15.5 Å².